The predicted octanol–water partition coefficient (Wildman–Crippen LogP) is 3.40. The summed E-state index contributed by atoms with van der Waals surface area (Å²) in [5, 5.41) is 3.46. The van der Waals surface area contributed by atoms with Crippen molar-refractivity contribution in [2.24, 2.45) is 5.92 Å². The molecule has 1 aromatic rings. The summed E-state index contributed by atoms with van der Waals surface area (Å²) >= 11 is 0. The Morgan fingerprint density at radius 3 is 2.56 bits per heavy atom. The van der Waals surface area contributed by atoms with E-state index in [1.165, 1.54) is 6.07 Å². The summed E-state index contributed by atoms with van der Waals surface area (Å²) < 4.78 is 18.5. The van der Waals surface area contributed by atoms with Gasteiger partial charge in [-0.1, -0.05) is 6.92 Å². The van der Waals surface area contributed by atoms with Crippen molar-refractivity contribution in [1.29, 1.82) is 0 Å². The Balaban J connectivity index is 2.63. The Hall–Kier alpha value is -1.09. The SMILES string of the molecule is COc1ccc(F)cc1CC(C)CNC(C)(C)C. The average Bonchev–Trinajstić information content (AvgIpc) is 2.26. The van der Waals surface area contributed by atoms with Crippen LogP contribution in [0.2, 0.25) is 0 Å². The fourth-order valence-corrected chi connectivity index (χ4v) is 1.83. The van der Waals surface area contributed by atoms with Crippen LogP contribution in [0.3, 0.4) is 0 Å². The zero-order chi connectivity index (χ0) is 13.8. The molecular weight excluding hydrogens is 229 g/mol. The van der Waals surface area contributed by atoms with Crippen LogP contribution in [0, 0.1) is 11.7 Å². The van der Waals surface area contributed by atoms with E-state index in [2.05, 4.69) is 33.0 Å². The summed E-state index contributed by atoms with van der Waals surface area (Å²) in [6.45, 7) is 9.49. The molecule has 2 nitrogen and oxygen atoms in total. The number of rotatable bonds is 5. The van der Waals surface area contributed by atoms with Crippen molar-refractivity contribution in [3.63, 3.8) is 0 Å². The number of halogens is 1. The van der Waals surface area contributed by atoms with E-state index in [0.717, 1.165) is 24.3 Å². The normalized spacial score (nSPS) is 13.4. The first-order chi connectivity index (χ1) is 8.31. The van der Waals surface area contributed by atoms with Crippen molar-refractivity contribution in [3.05, 3.63) is 29.6 Å². The summed E-state index contributed by atoms with van der Waals surface area (Å²) in [5.41, 5.74) is 1.04. The van der Waals surface area contributed by atoms with Crippen LogP contribution < -0.4 is 10.1 Å². The zero-order valence-electron chi connectivity index (χ0n) is 12.0. The van der Waals surface area contributed by atoms with E-state index in [4.69, 9.17) is 4.74 Å². The lowest BCUT2D eigenvalue weighted by Gasteiger charge is -2.23. The van der Waals surface area contributed by atoms with Crippen LogP contribution in [0.4, 0.5) is 4.39 Å². The Morgan fingerprint density at radius 2 is 2.00 bits per heavy atom. The predicted molar refractivity (Wildman–Crippen MR) is 73.6 cm³/mol. The minimum Gasteiger partial charge on any atom is -0.496 e. The molecule has 0 saturated heterocycles. The van der Waals surface area contributed by atoms with E-state index in [-0.39, 0.29) is 11.4 Å². The van der Waals surface area contributed by atoms with Gasteiger partial charge in [-0.25, -0.2) is 4.39 Å². The van der Waals surface area contributed by atoms with Crippen molar-refractivity contribution in [2.75, 3.05) is 13.7 Å². The number of benzene rings is 1. The van der Waals surface area contributed by atoms with Gasteiger partial charge in [-0.3, -0.25) is 0 Å². The molecule has 0 aromatic heterocycles. The Kier molecular flexibility index (Phi) is 5.15. The highest BCUT2D eigenvalue weighted by atomic mass is 19.1. The van der Waals surface area contributed by atoms with Gasteiger partial charge in [-0.2, -0.15) is 0 Å². The monoisotopic (exact) mass is 253 g/mol. The lowest BCUT2D eigenvalue weighted by molar-refractivity contribution is 0.373. The maximum absolute atomic E-state index is 13.2. The molecule has 3 heteroatoms. The Bertz CT molecular complexity index is 385. The number of nitrogens with one attached hydrogen (secondary N) is 1. The topological polar surface area (TPSA) is 21.3 Å². The molecule has 0 spiro atoms. The summed E-state index contributed by atoms with van der Waals surface area (Å²) in [6.07, 6.45) is 0.810. The number of methoxy groups -OCH3 is 1. The highest BCUT2D eigenvalue weighted by molar-refractivity contribution is 5.34. The second-order valence-electron chi connectivity index (χ2n) is 5.90. The standard InChI is InChI=1S/C15H24FNO/c1-11(10-17-15(2,3)4)8-12-9-13(16)6-7-14(12)18-5/h6-7,9,11,17H,8,10H2,1-5H3. The first-order valence-corrected chi connectivity index (χ1v) is 6.39. The van der Waals surface area contributed by atoms with E-state index < -0.39 is 0 Å². The maximum Gasteiger partial charge on any atom is 0.123 e. The van der Waals surface area contributed by atoms with Gasteiger partial charge in [0.05, 0.1) is 7.11 Å². The smallest absolute Gasteiger partial charge is 0.123 e. The largest absolute Gasteiger partial charge is 0.496 e. The van der Waals surface area contributed by atoms with Gasteiger partial charge in [0.2, 0.25) is 0 Å². The van der Waals surface area contributed by atoms with Crippen molar-refractivity contribution < 1.29 is 9.13 Å². The van der Waals surface area contributed by atoms with E-state index in [0.29, 0.717) is 5.92 Å². The minimum atomic E-state index is -0.207. The highest BCUT2D eigenvalue weighted by Crippen LogP contribution is 2.22. The molecule has 18 heavy (non-hydrogen) atoms. The summed E-state index contributed by atoms with van der Waals surface area (Å²) in [6, 6.07) is 4.68. The van der Waals surface area contributed by atoms with Crippen LogP contribution in [0.5, 0.6) is 5.75 Å². The number of ether oxygens (including phenoxy) is 1. The molecule has 1 N–H and O–H groups in total. The summed E-state index contributed by atoms with van der Waals surface area (Å²) in [7, 11) is 1.62. The van der Waals surface area contributed by atoms with Crippen molar-refractivity contribution in [1.82, 2.24) is 5.32 Å². The van der Waals surface area contributed by atoms with Crippen molar-refractivity contribution in [2.45, 2.75) is 39.7 Å². The van der Waals surface area contributed by atoms with Gasteiger partial charge in [0.1, 0.15) is 11.6 Å². The average molecular weight is 253 g/mol. The summed E-state index contributed by atoms with van der Waals surface area (Å²) in [5.74, 6) is 0.987. The third-order valence-electron chi connectivity index (χ3n) is 2.79. The molecule has 1 rings (SSSR count). The van der Waals surface area contributed by atoms with Gasteiger partial charge in [0.15, 0.2) is 0 Å². The molecule has 0 aliphatic heterocycles. The lowest BCUT2D eigenvalue weighted by atomic mass is 9.98. The van der Waals surface area contributed by atoms with Crippen molar-refractivity contribution >= 4 is 0 Å². The molecule has 0 saturated carbocycles. The van der Waals surface area contributed by atoms with Gasteiger partial charge >= 0.3 is 0 Å². The fraction of sp³-hybridized carbons (Fsp3) is 0.600. The third kappa shape index (κ3) is 5.05. The third-order valence-corrected chi connectivity index (χ3v) is 2.79. The van der Waals surface area contributed by atoms with E-state index in [1.807, 2.05) is 0 Å². The Labute approximate surface area is 110 Å². The molecule has 0 heterocycles. The first-order valence-electron chi connectivity index (χ1n) is 6.39. The number of hydrogen-bond acceptors (Lipinski definition) is 2. The van der Waals surface area contributed by atoms with Crippen LogP contribution in [0.15, 0.2) is 18.2 Å². The van der Waals surface area contributed by atoms with Crippen LogP contribution in [0.1, 0.15) is 33.3 Å². The first kappa shape index (κ1) is 15.0. The van der Waals surface area contributed by atoms with E-state index >= 15 is 0 Å². The molecule has 1 aromatic carbocycles. The molecule has 0 aliphatic carbocycles. The molecular formula is C15H24FNO. The van der Waals surface area contributed by atoms with Crippen LogP contribution in [-0.2, 0) is 6.42 Å². The number of hydrogen-bond donors (Lipinski definition) is 1. The second-order valence-corrected chi connectivity index (χ2v) is 5.90. The second kappa shape index (κ2) is 6.19. The van der Waals surface area contributed by atoms with Gasteiger partial charge in [0.25, 0.3) is 0 Å². The lowest BCUT2D eigenvalue weighted by Crippen LogP contribution is -2.39. The highest BCUT2D eigenvalue weighted by Gasteiger charge is 2.13. The molecule has 0 amide bonds. The van der Waals surface area contributed by atoms with Gasteiger partial charge in [0, 0.05) is 5.54 Å². The minimum absolute atomic E-state index is 0.111. The van der Waals surface area contributed by atoms with Gasteiger partial charge < -0.3 is 10.1 Å². The van der Waals surface area contributed by atoms with Crippen LogP contribution >= 0.6 is 0 Å². The van der Waals surface area contributed by atoms with E-state index in [9.17, 15) is 4.39 Å². The van der Waals surface area contributed by atoms with Crippen molar-refractivity contribution in [3.8, 4) is 5.75 Å². The quantitative estimate of drug-likeness (QED) is 0.868. The molecule has 102 valence electrons. The molecule has 1 atom stereocenters. The molecule has 0 bridgehead atoms. The van der Waals surface area contributed by atoms with Crippen LogP contribution in [-0.4, -0.2) is 19.2 Å². The maximum atomic E-state index is 13.2. The fourth-order valence-electron chi connectivity index (χ4n) is 1.83. The molecule has 0 radical (unpaired) electrons. The van der Waals surface area contributed by atoms with E-state index in [1.54, 1.807) is 19.2 Å². The zero-order valence-corrected chi connectivity index (χ0v) is 12.0. The molecule has 1 unspecified atom stereocenters. The molecule has 0 fully saturated rings. The van der Waals surface area contributed by atoms with Crippen LogP contribution in [0.25, 0.3) is 0 Å². The Morgan fingerprint density at radius 1 is 1.33 bits per heavy atom. The molecule has 0 aliphatic rings. The summed E-state index contributed by atoms with van der Waals surface area (Å²) in [4.78, 5) is 0. The van der Waals surface area contributed by atoms with Gasteiger partial charge in [-0.15, -0.1) is 0 Å². The van der Waals surface area contributed by atoms with Gasteiger partial charge in [-0.05, 0) is 63.4 Å².